The van der Waals surface area contributed by atoms with Crippen molar-refractivity contribution in [2.24, 2.45) is 0 Å². The van der Waals surface area contributed by atoms with Crippen LogP contribution in [0.2, 0.25) is 0 Å². The topological polar surface area (TPSA) is 61.8 Å². The van der Waals surface area contributed by atoms with E-state index in [1.807, 2.05) is 0 Å². The highest BCUT2D eigenvalue weighted by Gasteiger charge is 2.13. The number of hydrogen-bond acceptors (Lipinski definition) is 5. The second-order valence-corrected chi connectivity index (χ2v) is 4.76. The van der Waals surface area contributed by atoms with Gasteiger partial charge in [-0.15, -0.1) is 0 Å². The number of methoxy groups -OCH3 is 2. The second-order valence-electron chi connectivity index (χ2n) is 4.76. The normalized spacial score (nSPS) is 10.0. The Labute approximate surface area is 134 Å². The summed E-state index contributed by atoms with van der Waals surface area (Å²) in [7, 11) is 3.02. The molecule has 0 atom stereocenters. The Morgan fingerprint density at radius 3 is 2.04 bits per heavy atom. The number of carbonyl (C=O) groups is 2. The zero-order valence-electron chi connectivity index (χ0n) is 13.3. The maximum absolute atomic E-state index is 12.2. The van der Waals surface area contributed by atoms with Crippen molar-refractivity contribution in [1.29, 1.82) is 0 Å². The molecule has 0 aromatic heterocycles. The van der Waals surface area contributed by atoms with Crippen molar-refractivity contribution in [2.75, 3.05) is 14.2 Å². The maximum atomic E-state index is 12.2. The van der Waals surface area contributed by atoms with Crippen LogP contribution in [0.1, 0.15) is 34.1 Å². The van der Waals surface area contributed by atoms with Crippen molar-refractivity contribution in [3.8, 4) is 17.2 Å². The van der Waals surface area contributed by atoms with E-state index in [2.05, 4.69) is 0 Å². The fourth-order valence-electron chi connectivity index (χ4n) is 2.04. The van der Waals surface area contributed by atoms with Crippen molar-refractivity contribution in [2.45, 2.75) is 13.3 Å². The maximum Gasteiger partial charge on any atom is 0.343 e. The predicted octanol–water partition coefficient (Wildman–Crippen LogP) is 3.52. The minimum atomic E-state index is -0.513. The van der Waals surface area contributed by atoms with Crippen molar-refractivity contribution >= 4 is 11.8 Å². The lowest BCUT2D eigenvalue weighted by Gasteiger charge is -2.09. The Morgan fingerprint density at radius 2 is 1.48 bits per heavy atom. The van der Waals surface area contributed by atoms with Gasteiger partial charge in [0.05, 0.1) is 19.8 Å². The molecule has 0 spiro atoms. The fourth-order valence-corrected chi connectivity index (χ4v) is 2.04. The largest absolute Gasteiger partial charge is 0.493 e. The number of benzene rings is 2. The van der Waals surface area contributed by atoms with Crippen LogP contribution in [0.3, 0.4) is 0 Å². The van der Waals surface area contributed by atoms with Crippen molar-refractivity contribution < 1.29 is 23.8 Å². The first-order valence-electron chi connectivity index (χ1n) is 7.16. The third-order valence-corrected chi connectivity index (χ3v) is 3.33. The number of ether oxygens (including phenoxy) is 3. The van der Waals surface area contributed by atoms with Crippen LogP contribution < -0.4 is 14.2 Å². The predicted molar refractivity (Wildman–Crippen MR) is 85.6 cm³/mol. The molecule has 0 saturated carbocycles. The molecular weight excluding hydrogens is 296 g/mol. The van der Waals surface area contributed by atoms with Crippen LogP contribution in [0.25, 0.3) is 0 Å². The van der Waals surface area contributed by atoms with Gasteiger partial charge in [0.15, 0.2) is 17.3 Å². The Kier molecular flexibility index (Phi) is 5.36. The zero-order valence-corrected chi connectivity index (χ0v) is 13.3. The Hall–Kier alpha value is -2.82. The monoisotopic (exact) mass is 314 g/mol. The molecule has 0 aliphatic rings. The summed E-state index contributed by atoms with van der Waals surface area (Å²) in [6.07, 6.45) is 0.435. The molecule has 0 N–H and O–H groups in total. The van der Waals surface area contributed by atoms with E-state index in [-0.39, 0.29) is 5.78 Å². The SMILES string of the molecule is CCC(=O)c1ccc(OC(=O)c2ccc(OC)c(OC)c2)cc1. The molecule has 120 valence electrons. The minimum Gasteiger partial charge on any atom is -0.493 e. The Bertz CT molecular complexity index is 704. The lowest BCUT2D eigenvalue weighted by molar-refractivity contribution is 0.0734. The third kappa shape index (κ3) is 3.88. The van der Waals surface area contributed by atoms with Gasteiger partial charge in [-0.3, -0.25) is 4.79 Å². The quantitative estimate of drug-likeness (QED) is 0.464. The van der Waals surface area contributed by atoms with Crippen molar-refractivity contribution in [1.82, 2.24) is 0 Å². The fraction of sp³-hybridized carbons (Fsp3) is 0.222. The van der Waals surface area contributed by atoms with E-state index >= 15 is 0 Å². The zero-order chi connectivity index (χ0) is 16.8. The van der Waals surface area contributed by atoms with E-state index in [0.29, 0.717) is 34.8 Å². The van der Waals surface area contributed by atoms with Gasteiger partial charge >= 0.3 is 5.97 Å². The number of rotatable bonds is 6. The smallest absolute Gasteiger partial charge is 0.343 e. The number of esters is 1. The first-order chi connectivity index (χ1) is 11.1. The summed E-state index contributed by atoms with van der Waals surface area (Å²) in [6.45, 7) is 1.80. The molecule has 0 fully saturated rings. The molecular formula is C18H18O5. The van der Waals surface area contributed by atoms with Crippen molar-refractivity contribution in [3.05, 3.63) is 53.6 Å². The lowest BCUT2D eigenvalue weighted by Crippen LogP contribution is -2.09. The lowest BCUT2D eigenvalue weighted by atomic mass is 10.1. The molecule has 0 bridgehead atoms. The highest BCUT2D eigenvalue weighted by atomic mass is 16.5. The van der Waals surface area contributed by atoms with Gasteiger partial charge in [0.1, 0.15) is 5.75 Å². The van der Waals surface area contributed by atoms with E-state index in [1.54, 1.807) is 49.4 Å². The number of hydrogen-bond donors (Lipinski definition) is 0. The van der Waals surface area contributed by atoms with Crippen LogP contribution in [-0.4, -0.2) is 26.0 Å². The van der Waals surface area contributed by atoms with E-state index < -0.39 is 5.97 Å². The summed E-state index contributed by atoms with van der Waals surface area (Å²) in [4.78, 5) is 23.7. The van der Waals surface area contributed by atoms with E-state index in [1.165, 1.54) is 14.2 Å². The Morgan fingerprint density at radius 1 is 0.870 bits per heavy atom. The summed E-state index contributed by atoms with van der Waals surface area (Å²) >= 11 is 0. The van der Waals surface area contributed by atoms with E-state index in [0.717, 1.165) is 0 Å². The Balaban J connectivity index is 2.14. The van der Waals surface area contributed by atoms with Crippen LogP contribution >= 0.6 is 0 Å². The van der Waals surface area contributed by atoms with Crippen LogP contribution in [0.4, 0.5) is 0 Å². The molecule has 0 heterocycles. The van der Waals surface area contributed by atoms with Crippen LogP contribution in [0, 0.1) is 0 Å². The van der Waals surface area contributed by atoms with Gasteiger partial charge in [0, 0.05) is 12.0 Å². The average Bonchev–Trinajstić information content (AvgIpc) is 2.60. The highest BCUT2D eigenvalue weighted by Crippen LogP contribution is 2.28. The first kappa shape index (κ1) is 16.5. The summed E-state index contributed by atoms with van der Waals surface area (Å²) in [5, 5.41) is 0. The number of Topliss-reactive ketones (excluding diaryl/α,β-unsaturated/α-hetero) is 1. The summed E-state index contributed by atoms with van der Waals surface area (Å²) in [5.74, 6) is 0.887. The summed E-state index contributed by atoms with van der Waals surface area (Å²) < 4.78 is 15.6. The van der Waals surface area contributed by atoms with Crippen molar-refractivity contribution in [3.63, 3.8) is 0 Å². The van der Waals surface area contributed by atoms with Gasteiger partial charge < -0.3 is 14.2 Å². The molecule has 2 aromatic carbocycles. The number of carbonyl (C=O) groups excluding carboxylic acids is 2. The van der Waals surface area contributed by atoms with Crippen LogP contribution in [0.5, 0.6) is 17.2 Å². The van der Waals surface area contributed by atoms with Gasteiger partial charge in [-0.1, -0.05) is 6.92 Å². The molecule has 5 nitrogen and oxygen atoms in total. The van der Waals surface area contributed by atoms with Gasteiger partial charge in [-0.2, -0.15) is 0 Å². The van der Waals surface area contributed by atoms with E-state index in [9.17, 15) is 9.59 Å². The molecule has 0 saturated heterocycles. The van der Waals surface area contributed by atoms with Crippen LogP contribution in [-0.2, 0) is 0 Å². The number of ketones is 1. The molecule has 0 amide bonds. The van der Waals surface area contributed by atoms with Crippen LogP contribution in [0.15, 0.2) is 42.5 Å². The molecule has 0 aliphatic heterocycles. The van der Waals surface area contributed by atoms with Gasteiger partial charge in [-0.25, -0.2) is 4.79 Å². The highest BCUT2D eigenvalue weighted by molar-refractivity contribution is 5.96. The molecule has 5 heteroatoms. The van der Waals surface area contributed by atoms with Gasteiger partial charge in [0.25, 0.3) is 0 Å². The average molecular weight is 314 g/mol. The summed E-state index contributed by atoms with van der Waals surface area (Å²) in [5.41, 5.74) is 0.940. The van der Waals surface area contributed by atoms with Gasteiger partial charge in [0.2, 0.25) is 0 Å². The minimum absolute atomic E-state index is 0.0442. The summed E-state index contributed by atoms with van der Waals surface area (Å²) in [6, 6.07) is 11.3. The van der Waals surface area contributed by atoms with E-state index in [4.69, 9.17) is 14.2 Å². The first-order valence-corrected chi connectivity index (χ1v) is 7.16. The molecule has 0 radical (unpaired) electrons. The molecule has 2 aromatic rings. The molecule has 0 aliphatic carbocycles. The molecule has 2 rings (SSSR count). The van der Waals surface area contributed by atoms with Gasteiger partial charge in [-0.05, 0) is 42.5 Å². The standard InChI is InChI=1S/C18H18O5/c1-4-15(19)12-5-8-14(9-6-12)23-18(20)13-7-10-16(21-2)17(11-13)22-3/h5-11H,4H2,1-3H3. The third-order valence-electron chi connectivity index (χ3n) is 3.33. The molecule has 0 unspecified atom stereocenters. The second kappa shape index (κ2) is 7.45. The molecule has 23 heavy (non-hydrogen) atoms.